The largest absolute Gasteiger partial charge is 0.432 e. The van der Waals surface area contributed by atoms with Crippen molar-refractivity contribution < 1.29 is 17.9 Å². The van der Waals surface area contributed by atoms with Crippen molar-refractivity contribution in [2.45, 2.75) is 25.2 Å². The van der Waals surface area contributed by atoms with Crippen LogP contribution < -0.4 is 15.8 Å². The van der Waals surface area contributed by atoms with E-state index in [2.05, 4.69) is 17.0 Å². The van der Waals surface area contributed by atoms with Crippen LogP contribution in [0, 0.1) is 5.82 Å². The molecule has 0 saturated carbocycles. The molecular formula is C12H17F3N2OS. The van der Waals surface area contributed by atoms with Crippen molar-refractivity contribution >= 4 is 23.1 Å². The van der Waals surface area contributed by atoms with Crippen LogP contribution in [0.2, 0.25) is 0 Å². The number of anilines is 2. The SMILES string of the molecule is CSC(C)CCNc1cc(OC(F)F)c(F)cc1N. The van der Waals surface area contributed by atoms with Crippen LogP contribution in [0.15, 0.2) is 12.1 Å². The van der Waals surface area contributed by atoms with Crippen molar-refractivity contribution in [3.8, 4) is 5.75 Å². The van der Waals surface area contributed by atoms with Crippen LogP contribution in [-0.2, 0) is 0 Å². The van der Waals surface area contributed by atoms with Gasteiger partial charge >= 0.3 is 6.61 Å². The van der Waals surface area contributed by atoms with Crippen molar-refractivity contribution in [2.75, 3.05) is 23.9 Å². The number of halogens is 3. The lowest BCUT2D eigenvalue weighted by Crippen LogP contribution is -2.10. The molecule has 0 aliphatic rings. The summed E-state index contributed by atoms with van der Waals surface area (Å²) >= 11 is 1.72. The number of rotatable bonds is 7. The van der Waals surface area contributed by atoms with E-state index in [1.54, 1.807) is 11.8 Å². The number of nitrogens with one attached hydrogen (secondary N) is 1. The summed E-state index contributed by atoms with van der Waals surface area (Å²) in [5, 5.41) is 3.45. The van der Waals surface area contributed by atoms with Crippen molar-refractivity contribution in [3.63, 3.8) is 0 Å². The van der Waals surface area contributed by atoms with Crippen molar-refractivity contribution in [1.82, 2.24) is 0 Å². The summed E-state index contributed by atoms with van der Waals surface area (Å²) in [4.78, 5) is 0. The fourth-order valence-electron chi connectivity index (χ4n) is 1.44. The van der Waals surface area contributed by atoms with Gasteiger partial charge in [-0.3, -0.25) is 0 Å². The number of hydrogen-bond acceptors (Lipinski definition) is 4. The number of hydrogen-bond donors (Lipinski definition) is 2. The minimum absolute atomic E-state index is 0.163. The Bertz CT molecular complexity index is 418. The molecule has 19 heavy (non-hydrogen) atoms. The second kappa shape index (κ2) is 7.37. The first-order chi connectivity index (χ1) is 8.93. The van der Waals surface area contributed by atoms with E-state index in [4.69, 9.17) is 5.73 Å². The van der Waals surface area contributed by atoms with E-state index in [1.807, 2.05) is 6.26 Å². The van der Waals surface area contributed by atoms with E-state index < -0.39 is 18.2 Å². The molecule has 1 aromatic rings. The monoisotopic (exact) mass is 294 g/mol. The standard InChI is InChI=1S/C12H17F3N2OS/c1-7(19-2)3-4-17-10-6-11(18-12(14)15)8(13)5-9(10)16/h5-7,12,17H,3-4,16H2,1-2H3. The van der Waals surface area contributed by atoms with Crippen LogP contribution in [0.4, 0.5) is 24.5 Å². The van der Waals surface area contributed by atoms with E-state index in [0.717, 1.165) is 18.6 Å². The molecule has 0 aliphatic heterocycles. The third-order valence-electron chi connectivity index (χ3n) is 2.59. The fourth-order valence-corrected chi connectivity index (χ4v) is 1.79. The molecule has 1 atom stereocenters. The van der Waals surface area contributed by atoms with Crippen LogP contribution in [0.3, 0.4) is 0 Å². The molecule has 3 N–H and O–H groups in total. The van der Waals surface area contributed by atoms with Gasteiger partial charge in [-0.1, -0.05) is 6.92 Å². The number of nitrogens with two attached hydrogens (primary N) is 1. The molecule has 0 aromatic heterocycles. The molecule has 1 unspecified atom stereocenters. The van der Waals surface area contributed by atoms with Gasteiger partial charge in [0.15, 0.2) is 11.6 Å². The fraction of sp³-hybridized carbons (Fsp3) is 0.500. The lowest BCUT2D eigenvalue weighted by Gasteiger charge is -2.14. The van der Waals surface area contributed by atoms with Gasteiger partial charge < -0.3 is 15.8 Å². The molecule has 1 aromatic carbocycles. The highest BCUT2D eigenvalue weighted by Gasteiger charge is 2.13. The molecule has 0 aliphatic carbocycles. The Labute approximate surface area is 114 Å². The van der Waals surface area contributed by atoms with E-state index in [0.29, 0.717) is 17.5 Å². The average molecular weight is 294 g/mol. The second-order valence-electron chi connectivity index (χ2n) is 4.01. The zero-order valence-electron chi connectivity index (χ0n) is 10.8. The highest BCUT2D eigenvalue weighted by molar-refractivity contribution is 7.99. The van der Waals surface area contributed by atoms with Gasteiger partial charge in [-0.25, -0.2) is 4.39 Å². The Balaban J connectivity index is 2.71. The summed E-state index contributed by atoms with van der Waals surface area (Å²) in [6.45, 7) is -0.375. The minimum atomic E-state index is -3.07. The average Bonchev–Trinajstić information content (AvgIpc) is 2.33. The molecule has 0 bridgehead atoms. The van der Waals surface area contributed by atoms with Crippen LogP contribution in [-0.4, -0.2) is 24.7 Å². The molecule has 0 amide bonds. The molecule has 0 fully saturated rings. The van der Waals surface area contributed by atoms with E-state index in [1.165, 1.54) is 0 Å². The summed E-state index contributed by atoms with van der Waals surface area (Å²) in [7, 11) is 0. The Morgan fingerprint density at radius 1 is 1.42 bits per heavy atom. The first kappa shape index (κ1) is 15.8. The van der Waals surface area contributed by atoms with Crippen molar-refractivity contribution in [1.29, 1.82) is 0 Å². The zero-order valence-corrected chi connectivity index (χ0v) is 11.6. The summed E-state index contributed by atoms with van der Waals surface area (Å²) in [5.41, 5.74) is 6.18. The molecule has 1 rings (SSSR count). The number of alkyl halides is 2. The lowest BCUT2D eigenvalue weighted by molar-refractivity contribution is -0.0521. The van der Waals surface area contributed by atoms with Crippen molar-refractivity contribution in [3.05, 3.63) is 17.9 Å². The van der Waals surface area contributed by atoms with Crippen LogP contribution in [0.5, 0.6) is 5.75 Å². The Morgan fingerprint density at radius 3 is 2.68 bits per heavy atom. The van der Waals surface area contributed by atoms with Gasteiger partial charge in [0.2, 0.25) is 0 Å². The van der Waals surface area contributed by atoms with Gasteiger partial charge in [0.05, 0.1) is 11.4 Å². The first-order valence-electron chi connectivity index (χ1n) is 5.74. The number of thioether (sulfide) groups is 1. The van der Waals surface area contributed by atoms with Crippen LogP contribution in [0.1, 0.15) is 13.3 Å². The maximum atomic E-state index is 13.3. The van der Waals surface area contributed by atoms with Gasteiger partial charge in [0, 0.05) is 23.9 Å². The minimum Gasteiger partial charge on any atom is -0.432 e. The van der Waals surface area contributed by atoms with E-state index in [-0.39, 0.29) is 5.69 Å². The Morgan fingerprint density at radius 2 is 2.11 bits per heavy atom. The first-order valence-corrected chi connectivity index (χ1v) is 7.03. The van der Waals surface area contributed by atoms with E-state index >= 15 is 0 Å². The highest BCUT2D eigenvalue weighted by Crippen LogP contribution is 2.29. The molecule has 0 heterocycles. The molecule has 0 radical (unpaired) electrons. The third-order valence-corrected chi connectivity index (χ3v) is 3.63. The predicted octanol–water partition coefficient (Wildman–Crippen LogP) is 3.56. The van der Waals surface area contributed by atoms with Gasteiger partial charge in [-0.15, -0.1) is 0 Å². The van der Waals surface area contributed by atoms with E-state index in [9.17, 15) is 13.2 Å². The Kier molecular flexibility index (Phi) is 6.14. The number of benzene rings is 1. The van der Waals surface area contributed by atoms with Crippen molar-refractivity contribution in [2.24, 2.45) is 0 Å². The normalized spacial score (nSPS) is 12.5. The summed E-state index contributed by atoms with van der Waals surface area (Å²) < 4.78 is 41.6. The second-order valence-corrected chi connectivity index (χ2v) is 5.29. The zero-order chi connectivity index (χ0) is 14.4. The Hall–Kier alpha value is -1.24. The van der Waals surface area contributed by atoms with Gasteiger partial charge in [0.25, 0.3) is 0 Å². The molecule has 108 valence electrons. The maximum Gasteiger partial charge on any atom is 0.387 e. The van der Waals surface area contributed by atoms with Gasteiger partial charge in [-0.2, -0.15) is 20.5 Å². The van der Waals surface area contributed by atoms with Gasteiger partial charge in [-0.05, 0) is 12.7 Å². The highest BCUT2D eigenvalue weighted by atomic mass is 32.2. The smallest absolute Gasteiger partial charge is 0.387 e. The molecule has 7 heteroatoms. The third kappa shape index (κ3) is 5.10. The summed E-state index contributed by atoms with van der Waals surface area (Å²) in [6, 6.07) is 2.12. The quantitative estimate of drug-likeness (QED) is 0.755. The number of nitrogen functional groups attached to an aromatic ring is 1. The maximum absolute atomic E-state index is 13.3. The summed E-state index contributed by atoms with van der Waals surface area (Å²) in [5.74, 6) is -1.41. The molecule has 0 spiro atoms. The lowest BCUT2D eigenvalue weighted by atomic mass is 10.2. The van der Waals surface area contributed by atoms with Gasteiger partial charge in [0.1, 0.15) is 0 Å². The molecule has 0 saturated heterocycles. The predicted molar refractivity (Wildman–Crippen MR) is 73.5 cm³/mol. The van der Waals surface area contributed by atoms with Crippen LogP contribution in [0.25, 0.3) is 0 Å². The number of ether oxygens (including phenoxy) is 1. The topological polar surface area (TPSA) is 47.3 Å². The summed E-state index contributed by atoms with van der Waals surface area (Å²) in [6.07, 6.45) is 2.88. The molecular weight excluding hydrogens is 277 g/mol. The molecule has 3 nitrogen and oxygen atoms in total. The van der Waals surface area contributed by atoms with Crippen LogP contribution >= 0.6 is 11.8 Å².